The molecule has 2 aromatic carbocycles. The van der Waals surface area contributed by atoms with Gasteiger partial charge in [-0.15, -0.1) is 5.11 Å². The zero-order valence-corrected chi connectivity index (χ0v) is 14.4. The van der Waals surface area contributed by atoms with Gasteiger partial charge in [-0.2, -0.15) is 0 Å². The van der Waals surface area contributed by atoms with Crippen LogP contribution in [0, 0.1) is 10.9 Å². The largest absolute Gasteiger partial charge is 0.398 e. The van der Waals surface area contributed by atoms with Gasteiger partial charge >= 0.3 is 0 Å². The second-order valence-corrected chi connectivity index (χ2v) is 5.58. The fraction of sp³-hybridized carbons (Fsp3) is 0.167. The van der Waals surface area contributed by atoms with Gasteiger partial charge in [0.15, 0.2) is 5.84 Å². The van der Waals surface area contributed by atoms with Crippen molar-refractivity contribution in [1.82, 2.24) is 0 Å². The number of aliphatic hydroxyl groups excluding tert-OH is 1. The number of benzene rings is 2. The van der Waals surface area contributed by atoms with Crippen LogP contribution in [-0.2, 0) is 4.79 Å². The number of nitrogens with one attached hydrogen (secondary N) is 3. The maximum absolute atomic E-state index is 11.6. The summed E-state index contributed by atoms with van der Waals surface area (Å²) in [6.45, 7) is 1.37. The Bertz CT molecular complexity index is 889. The molecule has 0 saturated carbocycles. The van der Waals surface area contributed by atoms with E-state index < -0.39 is 12.0 Å². The van der Waals surface area contributed by atoms with Gasteiger partial charge in [0.05, 0.1) is 5.71 Å². The SMILES string of the molecule is C/N=C(\N=N)c1ccc(N)c(C(=N)c2cccc(NC(=O)[C@H](C)O)c2)c1. The third kappa shape index (κ3) is 4.17. The number of carbonyl (C=O) groups excluding carboxylic acids is 1. The first-order valence-corrected chi connectivity index (χ1v) is 7.79. The van der Waals surface area contributed by atoms with E-state index in [1.54, 1.807) is 42.5 Å². The van der Waals surface area contributed by atoms with Crippen LogP contribution in [0.5, 0.6) is 0 Å². The third-order valence-corrected chi connectivity index (χ3v) is 3.70. The average molecular weight is 352 g/mol. The van der Waals surface area contributed by atoms with E-state index in [-0.39, 0.29) is 11.5 Å². The summed E-state index contributed by atoms with van der Waals surface area (Å²) in [6.07, 6.45) is -1.13. The Kier molecular flexibility index (Phi) is 5.92. The van der Waals surface area contributed by atoms with Crippen molar-refractivity contribution in [3.8, 4) is 0 Å². The number of nitrogen functional groups attached to an aromatic ring is 1. The van der Waals surface area contributed by atoms with Crippen molar-refractivity contribution in [3.63, 3.8) is 0 Å². The van der Waals surface area contributed by atoms with Gasteiger partial charge in [-0.1, -0.05) is 12.1 Å². The minimum Gasteiger partial charge on any atom is -0.398 e. The Morgan fingerprint density at radius 3 is 2.58 bits per heavy atom. The minimum atomic E-state index is -1.13. The van der Waals surface area contributed by atoms with E-state index in [2.05, 4.69) is 15.4 Å². The van der Waals surface area contributed by atoms with Crippen LogP contribution >= 0.6 is 0 Å². The van der Waals surface area contributed by atoms with Crippen LogP contribution < -0.4 is 11.1 Å². The van der Waals surface area contributed by atoms with Crippen molar-refractivity contribution >= 4 is 28.8 Å². The van der Waals surface area contributed by atoms with Crippen molar-refractivity contribution in [2.24, 2.45) is 10.1 Å². The van der Waals surface area contributed by atoms with Crippen molar-refractivity contribution in [1.29, 1.82) is 10.9 Å². The quantitative estimate of drug-likeness (QED) is 0.243. The number of nitrogens with zero attached hydrogens (tertiary/aromatic N) is 2. The van der Waals surface area contributed by atoms with Crippen LogP contribution in [0.15, 0.2) is 52.6 Å². The fourth-order valence-electron chi connectivity index (χ4n) is 2.31. The number of amidine groups is 1. The first kappa shape index (κ1) is 18.9. The van der Waals surface area contributed by atoms with Gasteiger partial charge < -0.3 is 16.2 Å². The number of anilines is 2. The van der Waals surface area contributed by atoms with Crippen molar-refractivity contribution in [2.45, 2.75) is 13.0 Å². The molecule has 0 bridgehead atoms. The number of aliphatic imine (C=N–C) groups is 1. The van der Waals surface area contributed by atoms with E-state index in [4.69, 9.17) is 16.7 Å². The predicted molar refractivity (Wildman–Crippen MR) is 101 cm³/mol. The number of nitrogens with two attached hydrogens (primary N) is 1. The Labute approximate surface area is 150 Å². The average Bonchev–Trinajstić information content (AvgIpc) is 2.63. The Morgan fingerprint density at radius 2 is 1.96 bits per heavy atom. The summed E-state index contributed by atoms with van der Waals surface area (Å²) in [5, 5.41) is 23.7. The van der Waals surface area contributed by atoms with Gasteiger partial charge in [-0.3, -0.25) is 15.2 Å². The molecular formula is C18H20N6O2. The summed E-state index contributed by atoms with van der Waals surface area (Å²) in [4.78, 5) is 15.5. The molecule has 8 nitrogen and oxygen atoms in total. The van der Waals surface area contributed by atoms with Crippen LogP contribution in [-0.4, -0.2) is 35.7 Å². The number of hydrogen-bond acceptors (Lipinski definition) is 6. The third-order valence-electron chi connectivity index (χ3n) is 3.70. The Hall–Kier alpha value is -3.39. The van der Waals surface area contributed by atoms with Crippen LogP contribution in [0.1, 0.15) is 23.6 Å². The Balaban J connectivity index is 2.39. The lowest BCUT2D eigenvalue weighted by Crippen LogP contribution is -2.24. The molecule has 2 rings (SSSR count). The maximum Gasteiger partial charge on any atom is 0.252 e. The number of amides is 1. The van der Waals surface area contributed by atoms with Crippen LogP contribution in [0.2, 0.25) is 0 Å². The molecule has 0 radical (unpaired) electrons. The molecule has 0 fully saturated rings. The predicted octanol–water partition coefficient (Wildman–Crippen LogP) is 2.41. The zero-order valence-electron chi connectivity index (χ0n) is 14.4. The first-order valence-electron chi connectivity index (χ1n) is 7.79. The second-order valence-electron chi connectivity index (χ2n) is 5.58. The molecule has 0 saturated heterocycles. The molecule has 1 atom stereocenters. The van der Waals surface area contributed by atoms with Crippen molar-refractivity contribution in [3.05, 3.63) is 59.2 Å². The molecule has 0 heterocycles. The molecule has 0 aliphatic rings. The Morgan fingerprint density at radius 1 is 1.23 bits per heavy atom. The van der Waals surface area contributed by atoms with E-state index in [0.29, 0.717) is 28.1 Å². The molecule has 0 spiro atoms. The molecule has 0 aromatic heterocycles. The van der Waals surface area contributed by atoms with Crippen LogP contribution in [0.3, 0.4) is 0 Å². The molecular weight excluding hydrogens is 332 g/mol. The highest BCUT2D eigenvalue weighted by Crippen LogP contribution is 2.21. The van der Waals surface area contributed by atoms with Gasteiger partial charge in [0.25, 0.3) is 5.91 Å². The molecule has 134 valence electrons. The van der Waals surface area contributed by atoms with Crippen LogP contribution in [0.4, 0.5) is 11.4 Å². The summed E-state index contributed by atoms with van der Waals surface area (Å²) >= 11 is 0. The van der Waals surface area contributed by atoms with Gasteiger partial charge in [0.2, 0.25) is 0 Å². The highest BCUT2D eigenvalue weighted by Gasteiger charge is 2.14. The number of aliphatic hydroxyl groups is 1. The van der Waals surface area contributed by atoms with Crippen molar-refractivity contribution < 1.29 is 9.90 Å². The smallest absolute Gasteiger partial charge is 0.252 e. The van der Waals surface area contributed by atoms with Gasteiger partial charge in [0, 0.05) is 35.1 Å². The summed E-state index contributed by atoms with van der Waals surface area (Å²) in [7, 11) is 1.53. The molecule has 0 aliphatic heterocycles. The standard InChI is InChI=1S/C18H20N6O2/c1-10(25)18(26)23-13-5-3-4-11(8-13)16(20)14-9-12(6-7-15(14)19)17(22-2)24-21/h3-10,20-21,25H,19H2,1-2H3,(H,23,26)/b20-16?,22-17-,24-21?/t10-/m0/s1. The van der Waals surface area contributed by atoms with Gasteiger partial charge in [-0.25, -0.2) is 5.53 Å². The molecule has 0 aliphatic carbocycles. The molecule has 1 amide bonds. The lowest BCUT2D eigenvalue weighted by atomic mass is 9.98. The van der Waals surface area contributed by atoms with E-state index in [1.807, 2.05) is 0 Å². The number of hydrogen-bond donors (Lipinski definition) is 5. The molecule has 8 heteroatoms. The zero-order chi connectivity index (χ0) is 19.3. The highest BCUT2D eigenvalue weighted by molar-refractivity contribution is 6.15. The van der Waals surface area contributed by atoms with E-state index in [1.165, 1.54) is 14.0 Å². The molecule has 26 heavy (non-hydrogen) atoms. The summed E-state index contributed by atoms with van der Waals surface area (Å²) in [6, 6.07) is 11.7. The molecule has 6 N–H and O–H groups in total. The number of carbonyl (C=O) groups is 1. The lowest BCUT2D eigenvalue weighted by molar-refractivity contribution is -0.123. The lowest BCUT2D eigenvalue weighted by Gasteiger charge is -2.12. The maximum atomic E-state index is 11.6. The highest BCUT2D eigenvalue weighted by atomic mass is 16.3. The second kappa shape index (κ2) is 8.13. The summed E-state index contributed by atoms with van der Waals surface area (Å²) in [5.74, 6) is -0.298. The van der Waals surface area contributed by atoms with E-state index >= 15 is 0 Å². The molecule has 0 unspecified atom stereocenters. The fourth-order valence-corrected chi connectivity index (χ4v) is 2.31. The topological polar surface area (TPSA) is 148 Å². The van der Waals surface area contributed by atoms with E-state index in [9.17, 15) is 9.90 Å². The number of rotatable bonds is 5. The van der Waals surface area contributed by atoms with E-state index in [0.717, 1.165) is 0 Å². The summed E-state index contributed by atoms with van der Waals surface area (Å²) in [5.41, 5.74) is 15.8. The molecule has 2 aromatic rings. The minimum absolute atomic E-state index is 0.151. The van der Waals surface area contributed by atoms with Gasteiger partial charge in [0.1, 0.15) is 6.10 Å². The summed E-state index contributed by atoms with van der Waals surface area (Å²) < 4.78 is 0. The normalized spacial score (nSPS) is 12.3. The first-order chi connectivity index (χ1) is 12.4. The van der Waals surface area contributed by atoms with Gasteiger partial charge in [-0.05, 0) is 37.3 Å². The van der Waals surface area contributed by atoms with Crippen LogP contribution in [0.25, 0.3) is 0 Å². The van der Waals surface area contributed by atoms with Crippen molar-refractivity contribution in [2.75, 3.05) is 18.1 Å². The monoisotopic (exact) mass is 352 g/mol.